The van der Waals surface area contributed by atoms with Gasteiger partial charge in [-0.1, -0.05) is 12.1 Å². The van der Waals surface area contributed by atoms with E-state index >= 15 is 0 Å². The predicted molar refractivity (Wildman–Crippen MR) is 180 cm³/mol. The van der Waals surface area contributed by atoms with Crippen LogP contribution in [0.2, 0.25) is 0 Å². The quantitative estimate of drug-likeness (QED) is 0.0838. The van der Waals surface area contributed by atoms with Crippen LogP contribution in [-0.4, -0.2) is 120 Å². The molecule has 2 aliphatic rings. The number of esters is 1. The summed E-state index contributed by atoms with van der Waals surface area (Å²) < 4.78 is 33.9. The van der Waals surface area contributed by atoms with Crippen molar-refractivity contribution in [3.8, 4) is 40.1 Å². The fourth-order valence-corrected chi connectivity index (χ4v) is 5.87. The molecule has 17 nitrogen and oxygen atoms in total. The zero-order chi connectivity index (χ0) is 38.1. The molecule has 282 valence electrons. The van der Waals surface area contributed by atoms with Crippen molar-refractivity contribution >= 4 is 23.0 Å². The van der Waals surface area contributed by atoms with E-state index in [2.05, 4.69) is 0 Å². The summed E-state index contributed by atoms with van der Waals surface area (Å²) in [6.45, 7) is 0.808. The van der Waals surface area contributed by atoms with E-state index in [0.717, 1.165) is 18.2 Å². The SMILES string of the molecule is C[C@H]1O[C@@H](Oc2c(-c3ccc(O)cc3)oc3cc(O)cc(O)c3c2=O)[C@@H](O)[C@@H](O)[C@@H]1O[C@H]1O[C@@H](COC(=O)/C=C/c2ccc(O)cc2)[C@H](O)[C@@H](O)[C@@H]1O. The summed E-state index contributed by atoms with van der Waals surface area (Å²) in [5.74, 6) is -2.76. The molecule has 0 saturated carbocycles. The largest absolute Gasteiger partial charge is 0.508 e. The van der Waals surface area contributed by atoms with Gasteiger partial charge in [0.15, 0.2) is 12.1 Å². The summed E-state index contributed by atoms with van der Waals surface area (Å²) in [5, 5.41) is 93.2. The number of phenols is 4. The second-order valence-electron chi connectivity index (χ2n) is 12.5. The maximum Gasteiger partial charge on any atom is 0.330 e. The third-order valence-electron chi connectivity index (χ3n) is 8.71. The Kier molecular flexibility index (Phi) is 10.9. The molecule has 10 atom stereocenters. The minimum atomic E-state index is -1.94. The third-order valence-corrected chi connectivity index (χ3v) is 8.71. The van der Waals surface area contributed by atoms with Crippen LogP contribution in [0.15, 0.2) is 76.0 Å². The number of benzene rings is 3. The van der Waals surface area contributed by atoms with Crippen molar-refractivity contribution < 1.29 is 78.9 Å². The number of carbonyl (C=O) groups is 1. The molecular formula is C36H36O17. The topological polar surface area (TPSA) is 275 Å². The van der Waals surface area contributed by atoms with E-state index in [1.807, 2.05) is 0 Å². The van der Waals surface area contributed by atoms with Gasteiger partial charge in [-0.25, -0.2) is 4.79 Å². The molecule has 17 heteroatoms. The molecule has 3 heterocycles. The Bertz CT molecular complexity index is 2010. The van der Waals surface area contributed by atoms with Gasteiger partial charge >= 0.3 is 5.97 Å². The lowest BCUT2D eigenvalue weighted by molar-refractivity contribution is -0.349. The highest BCUT2D eigenvalue weighted by Gasteiger charge is 2.50. The molecule has 6 rings (SSSR count). The second-order valence-corrected chi connectivity index (χ2v) is 12.5. The first-order valence-electron chi connectivity index (χ1n) is 16.2. The number of hydrogen-bond acceptors (Lipinski definition) is 17. The Morgan fingerprint density at radius 2 is 1.42 bits per heavy atom. The Hall–Kier alpha value is -5.24. The Morgan fingerprint density at radius 3 is 2.09 bits per heavy atom. The van der Waals surface area contributed by atoms with Crippen molar-refractivity contribution in [3.05, 3.63) is 82.5 Å². The number of aliphatic hydroxyl groups excluding tert-OH is 5. The van der Waals surface area contributed by atoms with E-state index in [0.29, 0.717) is 5.56 Å². The lowest BCUT2D eigenvalue weighted by Gasteiger charge is -2.45. The summed E-state index contributed by atoms with van der Waals surface area (Å²) >= 11 is 0. The molecule has 1 aromatic heterocycles. The molecule has 2 saturated heterocycles. The van der Waals surface area contributed by atoms with Crippen molar-refractivity contribution in [2.24, 2.45) is 0 Å². The molecule has 3 aromatic carbocycles. The van der Waals surface area contributed by atoms with Crippen LogP contribution in [0.3, 0.4) is 0 Å². The summed E-state index contributed by atoms with van der Waals surface area (Å²) in [7, 11) is 0. The summed E-state index contributed by atoms with van der Waals surface area (Å²) in [4.78, 5) is 26.0. The van der Waals surface area contributed by atoms with Crippen LogP contribution in [0, 0.1) is 0 Å². The number of aromatic hydroxyl groups is 4. The first-order chi connectivity index (χ1) is 25.2. The first kappa shape index (κ1) is 37.5. The smallest absolute Gasteiger partial charge is 0.330 e. The first-order valence-corrected chi connectivity index (χ1v) is 16.2. The number of phenolic OH excluding ortho intramolecular Hbond substituents is 4. The van der Waals surface area contributed by atoms with Crippen LogP contribution in [-0.2, 0) is 23.7 Å². The monoisotopic (exact) mass is 740 g/mol. The zero-order valence-corrected chi connectivity index (χ0v) is 27.7. The normalized spacial score (nSPS) is 28.9. The van der Waals surface area contributed by atoms with Crippen LogP contribution in [0.1, 0.15) is 12.5 Å². The van der Waals surface area contributed by atoms with Crippen molar-refractivity contribution in [3.63, 3.8) is 0 Å². The number of hydrogen-bond donors (Lipinski definition) is 9. The van der Waals surface area contributed by atoms with Crippen LogP contribution in [0.5, 0.6) is 28.7 Å². The van der Waals surface area contributed by atoms with Gasteiger partial charge in [-0.05, 0) is 55.0 Å². The fraction of sp³-hybridized carbons (Fsp3) is 0.333. The lowest BCUT2D eigenvalue weighted by atomic mass is 9.97. The summed E-state index contributed by atoms with van der Waals surface area (Å²) in [6, 6.07) is 13.3. The van der Waals surface area contributed by atoms with E-state index in [4.69, 9.17) is 28.1 Å². The van der Waals surface area contributed by atoms with E-state index in [1.165, 1.54) is 49.4 Å². The fourth-order valence-electron chi connectivity index (χ4n) is 5.87. The van der Waals surface area contributed by atoms with Gasteiger partial charge in [0.1, 0.15) is 83.3 Å². The van der Waals surface area contributed by atoms with Crippen molar-refractivity contribution in [1.29, 1.82) is 0 Å². The highest BCUT2D eigenvalue weighted by atomic mass is 16.7. The molecular weight excluding hydrogens is 704 g/mol. The van der Waals surface area contributed by atoms with Crippen LogP contribution in [0.25, 0.3) is 28.4 Å². The average Bonchev–Trinajstić information content (AvgIpc) is 3.12. The Balaban J connectivity index is 1.17. The van der Waals surface area contributed by atoms with Crippen LogP contribution >= 0.6 is 0 Å². The number of fused-ring (bicyclic) bond motifs is 1. The molecule has 2 fully saturated rings. The zero-order valence-electron chi connectivity index (χ0n) is 27.7. The van der Waals surface area contributed by atoms with E-state index in [1.54, 1.807) is 12.1 Å². The molecule has 0 unspecified atom stereocenters. The van der Waals surface area contributed by atoms with Gasteiger partial charge in [0.2, 0.25) is 17.5 Å². The lowest BCUT2D eigenvalue weighted by Crippen LogP contribution is -2.64. The highest BCUT2D eigenvalue weighted by Crippen LogP contribution is 2.38. The van der Waals surface area contributed by atoms with Gasteiger partial charge < -0.3 is 74.1 Å². The Morgan fingerprint density at radius 1 is 0.774 bits per heavy atom. The molecule has 0 aliphatic carbocycles. The van der Waals surface area contributed by atoms with Gasteiger partial charge in [0.05, 0.1) is 6.10 Å². The van der Waals surface area contributed by atoms with E-state index in [-0.39, 0.29) is 33.8 Å². The van der Waals surface area contributed by atoms with E-state index < -0.39 is 96.7 Å². The van der Waals surface area contributed by atoms with Crippen LogP contribution < -0.4 is 10.2 Å². The maximum atomic E-state index is 13.7. The molecule has 4 aromatic rings. The molecule has 9 N–H and O–H groups in total. The summed E-state index contributed by atoms with van der Waals surface area (Å²) in [6.07, 6.45) is -14.3. The summed E-state index contributed by atoms with van der Waals surface area (Å²) in [5.41, 5.74) is -0.363. The number of aliphatic hydroxyl groups is 5. The molecule has 0 spiro atoms. The number of rotatable bonds is 9. The average molecular weight is 741 g/mol. The molecule has 53 heavy (non-hydrogen) atoms. The van der Waals surface area contributed by atoms with Gasteiger partial charge in [-0.15, -0.1) is 0 Å². The van der Waals surface area contributed by atoms with Crippen LogP contribution in [0.4, 0.5) is 0 Å². The van der Waals surface area contributed by atoms with Gasteiger partial charge in [0.25, 0.3) is 0 Å². The van der Waals surface area contributed by atoms with Crippen molar-refractivity contribution in [2.45, 2.75) is 68.3 Å². The second kappa shape index (κ2) is 15.4. The highest BCUT2D eigenvalue weighted by molar-refractivity contribution is 5.88. The van der Waals surface area contributed by atoms with E-state index in [9.17, 15) is 55.5 Å². The van der Waals surface area contributed by atoms with Crippen molar-refractivity contribution in [2.75, 3.05) is 6.61 Å². The maximum absolute atomic E-state index is 13.7. The molecule has 0 radical (unpaired) electrons. The van der Waals surface area contributed by atoms with Gasteiger partial charge in [-0.2, -0.15) is 0 Å². The predicted octanol–water partition coefficient (Wildman–Crippen LogP) is 0.577. The van der Waals surface area contributed by atoms with Gasteiger partial charge in [0, 0.05) is 23.8 Å². The molecule has 2 aliphatic heterocycles. The molecule has 0 bridgehead atoms. The van der Waals surface area contributed by atoms with Crippen molar-refractivity contribution in [1.82, 2.24) is 0 Å². The molecule has 0 amide bonds. The number of carbonyl (C=O) groups excluding carboxylic acids is 1. The third kappa shape index (κ3) is 7.92. The minimum Gasteiger partial charge on any atom is -0.508 e. The minimum absolute atomic E-state index is 0.0378. The standard InChI is InChI=1S/C36H36O17/c1-15-32(52-36-30(46)28(44)26(42)23(51-36)14-48-24(41)11-4-16-2-7-18(37)8-3-16)29(45)31(47)35(49-15)53-34-27(43)25-21(40)12-20(39)13-22(25)50-33(34)17-5-9-19(38)10-6-17/h2-13,15,23,26,28-32,35-40,42,44-47H,14H2,1H3/b11-4+/t15-,23+,26+,28-,29-,30+,31+,32-,35+,36-/m1/s1. The van der Waals surface area contributed by atoms with Gasteiger partial charge in [-0.3, -0.25) is 4.79 Å². The number of ether oxygens (including phenoxy) is 5. The Labute approximate surface area is 299 Å².